The number of hydrogen-bond acceptors (Lipinski definition) is 3. The molecular formula is C13H17N3. The van der Waals surface area contributed by atoms with E-state index in [0.717, 1.165) is 11.4 Å². The molecule has 0 aliphatic carbocycles. The fraction of sp³-hybridized carbons (Fsp3) is 0.385. The van der Waals surface area contributed by atoms with E-state index in [4.69, 9.17) is 11.7 Å². The average Bonchev–Trinajstić information content (AvgIpc) is 2.32. The van der Waals surface area contributed by atoms with Crippen LogP contribution in [0, 0.1) is 30.6 Å². The number of nitriles is 1. The molecule has 0 amide bonds. The molecule has 1 aromatic rings. The van der Waals surface area contributed by atoms with Crippen molar-refractivity contribution in [3.63, 3.8) is 0 Å². The molecule has 0 saturated heterocycles. The maximum atomic E-state index is 8.80. The Morgan fingerprint density at radius 3 is 2.75 bits per heavy atom. The van der Waals surface area contributed by atoms with E-state index < -0.39 is 0 Å². The number of aromatic nitrogens is 1. The van der Waals surface area contributed by atoms with Gasteiger partial charge in [0.05, 0.1) is 11.3 Å². The topological polar surface area (TPSA) is 48.7 Å². The van der Waals surface area contributed by atoms with E-state index in [1.807, 2.05) is 26.8 Å². The molecule has 3 nitrogen and oxygen atoms in total. The third-order valence-corrected chi connectivity index (χ3v) is 1.75. The van der Waals surface area contributed by atoms with Crippen molar-refractivity contribution in [2.24, 2.45) is 0 Å². The minimum absolute atomic E-state index is 0.549. The summed E-state index contributed by atoms with van der Waals surface area (Å²) < 4.78 is 0. The molecule has 0 aliphatic heterocycles. The molecule has 1 aromatic heterocycles. The highest BCUT2D eigenvalue weighted by Gasteiger charge is 2.01. The first kappa shape index (κ1) is 14.0. The third-order valence-electron chi connectivity index (χ3n) is 1.75. The molecule has 0 aliphatic rings. The minimum Gasteiger partial charge on any atom is -0.383 e. The number of anilines is 1. The van der Waals surface area contributed by atoms with E-state index in [9.17, 15) is 0 Å². The highest BCUT2D eigenvalue weighted by atomic mass is 14.9. The lowest BCUT2D eigenvalue weighted by atomic mass is 10.2. The first-order valence-electron chi connectivity index (χ1n) is 5.32. The van der Waals surface area contributed by atoms with Gasteiger partial charge in [-0.05, 0) is 13.0 Å². The maximum absolute atomic E-state index is 8.80. The second-order valence-corrected chi connectivity index (χ2v) is 2.86. The molecule has 0 atom stereocenters. The Hall–Kier alpha value is -2.00. The van der Waals surface area contributed by atoms with Crippen molar-refractivity contribution in [3.05, 3.63) is 23.5 Å². The molecule has 3 heteroatoms. The van der Waals surface area contributed by atoms with E-state index in [1.165, 1.54) is 0 Å². The highest BCUT2D eigenvalue weighted by molar-refractivity contribution is 5.56. The zero-order chi connectivity index (χ0) is 12.4. The molecule has 0 unspecified atom stereocenters. The molecule has 1 N–H and O–H groups in total. The standard InChI is InChI=1S/C11H11N3.C2H6/c1-3-4-5-13-11-6-9(2)14-8-10(11)7-12;1-2/h1,6,8H,4-5H2,2H3,(H,13,14);1-2H3. The second kappa shape index (κ2) is 8.32. The van der Waals surface area contributed by atoms with Crippen LogP contribution >= 0.6 is 0 Å². The van der Waals surface area contributed by atoms with Gasteiger partial charge in [0.1, 0.15) is 6.07 Å². The van der Waals surface area contributed by atoms with Crippen molar-refractivity contribution in [2.45, 2.75) is 27.2 Å². The average molecular weight is 215 g/mol. The van der Waals surface area contributed by atoms with E-state index in [1.54, 1.807) is 6.20 Å². The summed E-state index contributed by atoms with van der Waals surface area (Å²) in [4.78, 5) is 4.04. The van der Waals surface area contributed by atoms with Gasteiger partial charge in [-0.3, -0.25) is 4.98 Å². The molecule has 16 heavy (non-hydrogen) atoms. The molecule has 0 aromatic carbocycles. The molecule has 1 heterocycles. The monoisotopic (exact) mass is 215 g/mol. The van der Waals surface area contributed by atoms with E-state index in [0.29, 0.717) is 18.5 Å². The van der Waals surface area contributed by atoms with Crippen LogP contribution in [-0.4, -0.2) is 11.5 Å². The van der Waals surface area contributed by atoms with E-state index in [2.05, 4.69) is 22.3 Å². The summed E-state index contributed by atoms with van der Waals surface area (Å²) >= 11 is 0. The smallest absolute Gasteiger partial charge is 0.103 e. The first-order chi connectivity index (χ1) is 7.77. The van der Waals surface area contributed by atoms with Gasteiger partial charge >= 0.3 is 0 Å². The van der Waals surface area contributed by atoms with Crippen LogP contribution in [0.25, 0.3) is 0 Å². The van der Waals surface area contributed by atoms with E-state index >= 15 is 0 Å². The number of aryl methyl sites for hydroxylation is 1. The summed E-state index contributed by atoms with van der Waals surface area (Å²) in [6.07, 6.45) is 7.33. The van der Waals surface area contributed by atoms with Gasteiger partial charge in [0, 0.05) is 24.9 Å². The Morgan fingerprint density at radius 2 is 2.19 bits per heavy atom. The number of rotatable bonds is 3. The zero-order valence-electron chi connectivity index (χ0n) is 10.0. The van der Waals surface area contributed by atoms with Crippen LogP contribution in [0.15, 0.2) is 12.3 Å². The summed E-state index contributed by atoms with van der Waals surface area (Å²) in [5.74, 6) is 2.53. The molecule has 0 saturated carbocycles. The third kappa shape index (κ3) is 4.48. The summed E-state index contributed by atoms with van der Waals surface area (Å²) in [5, 5.41) is 11.9. The minimum atomic E-state index is 0.549. The van der Waals surface area contributed by atoms with Crippen molar-refractivity contribution in [1.29, 1.82) is 5.26 Å². The van der Waals surface area contributed by atoms with Crippen molar-refractivity contribution in [3.8, 4) is 18.4 Å². The van der Waals surface area contributed by atoms with Crippen molar-refractivity contribution >= 4 is 5.69 Å². The molecular weight excluding hydrogens is 198 g/mol. The Morgan fingerprint density at radius 1 is 1.50 bits per heavy atom. The Bertz CT molecular complexity index is 397. The lowest BCUT2D eigenvalue weighted by Crippen LogP contribution is -2.03. The van der Waals surface area contributed by atoms with Crippen LogP contribution < -0.4 is 5.32 Å². The second-order valence-electron chi connectivity index (χ2n) is 2.86. The van der Waals surface area contributed by atoms with Gasteiger partial charge in [0.15, 0.2) is 0 Å². The maximum Gasteiger partial charge on any atom is 0.103 e. The van der Waals surface area contributed by atoms with Gasteiger partial charge in [-0.2, -0.15) is 5.26 Å². The van der Waals surface area contributed by atoms with Crippen molar-refractivity contribution in [1.82, 2.24) is 4.98 Å². The van der Waals surface area contributed by atoms with Crippen LogP contribution in [0.4, 0.5) is 5.69 Å². The summed E-state index contributed by atoms with van der Waals surface area (Å²) in [6, 6.07) is 3.92. The normalized spacial score (nSPS) is 8.06. The predicted octanol–water partition coefficient (Wildman–Crippen LogP) is 2.72. The van der Waals surface area contributed by atoms with Crippen molar-refractivity contribution in [2.75, 3.05) is 11.9 Å². The molecule has 1 rings (SSSR count). The summed E-state index contributed by atoms with van der Waals surface area (Å²) in [6.45, 7) is 6.56. The summed E-state index contributed by atoms with van der Waals surface area (Å²) in [5.41, 5.74) is 2.23. The fourth-order valence-corrected chi connectivity index (χ4v) is 1.06. The fourth-order valence-electron chi connectivity index (χ4n) is 1.06. The number of pyridine rings is 1. The lowest BCUT2D eigenvalue weighted by molar-refractivity contribution is 1.08. The first-order valence-corrected chi connectivity index (χ1v) is 5.32. The Kier molecular flexibility index (Phi) is 7.28. The largest absolute Gasteiger partial charge is 0.383 e. The highest BCUT2D eigenvalue weighted by Crippen LogP contribution is 2.13. The quantitative estimate of drug-likeness (QED) is 0.623. The van der Waals surface area contributed by atoms with Crippen molar-refractivity contribution < 1.29 is 0 Å². The van der Waals surface area contributed by atoms with Crippen LogP contribution in [0.3, 0.4) is 0 Å². The molecule has 0 radical (unpaired) electrons. The summed E-state index contributed by atoms with van der Waals surface area (Å²) in [7, 11) is 0. The van der Waals surface area contributed by atoms with Gasteiger partial charge in [-0.1, -0.05) is 13.8 Å². The van der Waals surface area contributed by atoms with Crippen LogP contribution in [-0.2, 0) is 0 Å². The van der Waals surface area contributed by atoms with Crippen LogP contribution in [0.1, 0.15) is 31.5 Å². The molecule has 84 valence electrons. The number of hydrogen-bond donors (Lipinski definition) is 1. The number of nitrogens with zero attached hydrogens (tertiary/aromatic N) is 2. The predicted molar refractivity (Wildman–Crippen MR) is 67.0 cm³/mol. The molecule has 0 fully saturated rings. The zero-order valence-corrected chi connectivity index (χ0v) is 10.0. The Balaban J connectivity index is 0.00000106. The Labute approximate surface area is 97.5 Å². The molecule has 0 bridgehead atoms. The van der Waals surface area contributed by atoms with Crippen LogP contribution in [0.2, 0.25) is 0 Å². The number of nitrogens with one attached hydrogen (secondary N) is 1. The SMILES string of the molecule is C#CCCNc1cc(C)ncc1C#N.CC. The molecule has 0 spiro atoms. The van der Waals surface area contributed by atoms with E-state index in [-0.39, 0.29) is 0 Å². The van der Waals surface area contributed by atoms with Gasteiger partial charge in [-0.25, -0.2) is 0 Å². The number of terminal acetylenes is 1. The van der Waals surface area contributed by atoms with Crippen LogP contribution in [0.5, 0.6) is 0 Å². The van der Waals surface area contributed by atoms with Gasteiger partial charge in [-0.15, -0.1) is 12.3 Å². The van der Waals surface area contributed by atoms with Gasteiger partial charge in [0.25, 0.3) is 0 Å². The lowest BCUT2D eigenvalue weighted by Gasteiger charge is -2.06. The van der Waals surface area contributed by atoms with Gasteiger partial charge in [0.2, 0.25) is 0 Å². The van der Waals surface area contributed by atoms with Gasteiger partial charge < -0.3 is 5.32 Å².